The molecule has 0 aromatic heterocycles. The molecular formula is C36H49N3O5. The number of rotatable bonds is 13. The average Bonchev–Trinajstić information content (AvgIpc) is 2.94. The zero-order valence-electron chi connectivity index (χ0n) is 27.3. The van der Waals surface area contributed by atoms with Crippen molar-refractivity contribution in [1.82, 2.24) is 10.2 Å². The molecule has 0 bridgehead atoms. The molecule has 3 aromatic rings. The van der Waals surface area contributed by atoms with E-state index in [1.807, 2.05) is 56.3 Å². The zero-order chi connectivity index (χ0) is 32.4. The Hall–Kier alpha value is -4.07. The number of nitrogens with one attached hydrogen (secondary N) is 2. The van der Waals surface area contributed by atoms with Gasteiger partial charge in [-0.2, -0.15) is 0 Å². The summed E-state index contributed by atoms with van der Waals surface area (Å²) in [4.78, 5) is 43.2. The molecule has 0 aliphatic rings. The summed E-state index contributed by atoms with van der Waals surface area (Å²) >= 11 is 0. The maximum absolute atomic E-state index is 14.5. The van der Waals surface area contributed by atoms with Crippen molar-refractivity contribution in [2.75, 3.05) is 11.9 Å². The molecule has 0 saturated heterocycles. The second kappa shape index (κ2) is 15.6. The molecule has 0 heterocycles. The summed E-state index contributed by atoms with van der Waals surface area (Å²) in [6.45, 7) is 13.5. The Morgan fingerprint density at radius 3 is 2.27 bits per heavy atom. The van der Waals surface area contributed by atoms with Gasteiger partial charge < -0.3 is 25.4 Å². The molecule has 2 unspecified atom stereocenters. The Morgan fingerprint density at radius 2 is 1.64 bits per heavy atom. The Kier molecular flexibility index (Phi) is 12.2. The van der Waals surface area contributed by atoms with E-state index < -0.39 is 23.8 Å². The van der Waals surface area contributed by atoms with Gasteiger partial charge in [0.15, 0.2) is 0 Å². The van der Waals surface area contributed by atoms with E-state index in [1.165, 1.54) is 0 Å². The molecule has 238 valence electrons. The molecule has 44 heavy (non-hydrogen) atoms. The van der Waals surface area contributed by atoms with E-state index in [1.54, 1.807) is 50.8 Å². The number of carbonyl (C=O) groups is 3. The number of phenols is 1. The van der Waals surface area contributed by atoms with Crippen LogP contribution < -0.4 is 10.6 Å². The van der Waals surface area contributed by atoms with Crippen molar-refractivity contribution < 1.29 is 24.2 Å². The predicted octanol–water partition coefficient (Wildman–Crippen LogP) is 7.88. The molecule has 3 amide bonds. The molecular weight excluding hydrogens is 554 g/mol. The Balaban J connectivity index is 2.06. The normalized spacial score (nSPS) is 12.9. The van der Waals surface area contributed by atoms with E-state index >= 15 is 0 Å². The van der Waals surface area contributed by atoms with Gasteiger partial charge in [0.25, 0.3) is 5.91 Å². The Morgan fingerprint density at radius 1 is 0.932 bits per heavy atom. The van der Waals surface area contributed by atoms with E-state index in [9.17, 15) is 19.5 Å². The summed E-state index contributed by atoms with van der Waals surface area (Å²) in [6, 6.07) is 16.7. The van der Waals surface area contributed by atoms with Gasteiger partial charge in [-0.15, -0.1) is 0 Å². The van der Waals surface area contributed by atoms with Crippen molar-refractivity contribution in [1.29, 1.82) is 0 Å². The van der Waals surface area contributed by atoms with Gasteiger partial charge in [0, 0.05) is 12.2 Å². The number of hydrogen-bond acceptors (Lipinski definition) is 5. The van der Waals surface area contributed by atoms with Gasteiger partial charge in [0.05, 0.1) is 0 Å². The van der Waals surface area contributed by atoms with Crippen LogP contribution in [0.15, 0.2) is 60.7 Å². The minimum absolute atomic E-state index is 0.0848. The highest BCUT2D eigenvalue weighted by Gasteiger charge is 2.36. The Bertz CT molecular complexity index is 1430. The van der Waals surface area contributed by atoms with Gasteiger partial charge in [-0.3, -0.25) is 9.59 Å². The molecule has 3 aromatic carbocycles. The second-order valence-electron chi connectivity index (χ2n) is 12.9. The van der Waals surface area contributed by atoms with Gasteiger partial charge >= 0.3 is 6.09 Å². The number of carbonyl (C=O) groups excluding carboxylic acids is 3. The minimum Gasteiger partial charge on any atom is -0.508 e. The maximum Gasteiger partial charge on any atom is 0.408 e. The summed E-state index contributed by atoms with van der Waals surface area (Å²) in [6.07, 6.45) is 3.30. The third-order valence-electron chi connectivity index (χ3n) is 7.35. The number of ether oxygens (including phenoxy) is 1. The maximum atomic E-state index is 14.5. The van der Waals surface area contributed by atoms with E-state index in [-0.39, 0.29) is 23.5 Å². The van der Waals surface area contributed by atoms with Crippen molar-refractivity contribution in [2.45, 2.75) is 98.3 Å². The number of alkyl carbamates (subject to hydrolysis) is 1. The summed E-state index contributed by atoms with van der Waals surface area (Å²) in [5.74, 6) is -0.547. The molecule has 0 fully saturated rings. The van der Waals surface area contributed by atoms with E-state index in [0.717, 1.165) is 30.0 Å². The number of anilines is 1. The lowest BCUT2D eigenvalue weighted by Gasteiger charge is -2.35. The molecule has 0 aliphatic heterocycles. The quantitative estimate of drug-likeness (QED) is 0.172. The standard InChI is InChI=1S/C36H49N3O5/c1-8-9-10-13-20-39(34(42)30(21-24(2)3)38-35(43)44-36(5,6)7)32(28-17-19-31(40)25(4)22-28)33(41)37-29-18-16-26-14-11-12-15-27(26)23-29/h11-12,14-19,22-24,30,32,40H,8-10,13,20-21H2,1-7H3,(H,37,41)(H,38,43). The summed E-state index contributed by atoms with van der Waals surface area (Å²) < 4.78 is 5.50. The van der Waals surface area contributed by atoms with Crippen molar-refractivity contribution in [3.05, 3.63) is 71.8 Å². The van der Waals surface area contributed by atoms with Crippen molar-refractivity contribution >= 4 is 34.4 Å². The lowest BCUT2D eigenvalue weighted by atomic mass is 9.97. The highest BCUT2D eigenvalue weighted by Crippen LogP contribution is 2.30. The predicted molar refractivity (Wildman–Crippen MR) is 177 cm³/mol. The number of phenolic OH excluding ortho intramolecular Hbond substituents is 1. The van der Waals surface area contributed by atoms with Crippen LogP contribution in [-0.2, 0) is 14.3 Å². The number of nitrogens with zero attached hydrogens (tertiary/aromatic N) is 1. The number of fused-ring (bicyclic) bond motifs is 1. The first-order chi connectivity index (χ1) is 20.8. The van der Waals surface area contributed by atoms with Crippen molar-refractivity contribution in [2.24, 2.45) is 5.92 Å². The molecule has 0 saturated carbocycles. The number of unbranched alkanes of at least 4 members (excludes halogenated alkanes) is 3. The first-order valence-electron chi connectivity index (χ1n) is 15.7. The van der Waals surface area contributed by atoms with Crippen LogP contribution in [0.25, 0.3) is 10.8 Å². The molecule has 8 heteroatoms. The largest absolute Gasteiger partial charge is 0.508 e. The van der Waals surface area contributed by atoms with E-state index in [0.29, 0.717) is 36.2 Å². The molecule has 2 atom stereocenters. The highest BCUT2D eigenvalue weighted by molar-refractivity contribution is 6.00. The number of benzene rings is 3. The monoisotopic (exact) mass is 603 g/mol. The molecule has 3 rings (SSSR count). The summed E-state index contributed by atoms with van der Waals surface area (Å²) in [5, 5.41) is 18.2. The van der Waals surface area contributed by atoms with Crippen LogP contribution in [0.3, 0.4) is 0 Å². The third kappa shape index (κ3) is 10.00. The SMILES string of the molecule is CCCCCCN(C(=O)C(CC(C)C)NC(=O)OC(C)(C)C)C(C(=O)Nc1ccc2ccccc2c1)c1ccc(O)c(C)c1. The number of aromatic hydroxyl groups is 1. The van der Waals surface area contributed by atoms with E-state index in [2.05, 4.69) is 17.6 Å². The summed E-state index contributed by atoms with van der Waals surface area (Å²) in [7, 11) is 0. The smallest absolute Gasteiger partial charge is 0.408 e. The fraction of sp³-hybridized carbons (Fsp3) is 0.472. The van der Waals surface area contributed by atoms with Gasteiger partial charge in [-0.05, 0) is 92.6 Å². The minimum atomic E-state index is -1.01. The van der Waals surface area contributed by atoms with Crippen LogP contribution in [0, 0.1) is 12.8 Å². The summed E-state index contributed by atoms with van der Waals surface area (Å²) in [5.41, 5.74) is 1.04. The average molecular weight is 604 g/mol. The molecule has 0 spiro atoms. The molecule has 8 nitrogen and oxygen atoms in total. The number of hydrogen-bond donors (Lipinski definition) is 3. The highest BCUT2D eigenvalue weighted by atomic mass is 16.6. The lowest BCUT2D eigenvalue weighted by Crippen LogP contribution is -2.53. The van der Waals surface area contributed by atoms with Crippen LogP contribution in [0.2, 0.25) is 0 Å². The van der Waals surface area contributed by atoms with Gasteiger partial charge in [0.1, 0.15) is 23.4 Å². The Labute approximate surface area is 262 Å². The lowest BCUT2D eigenvalue weighted by molar-refractivity contribution is -0.141. The molecule has 0 aliphatic carbocycles. The van der Waals surface area contributed by atoms with Crippen molar-refractivity contribution in [3.63, 3.8) is 0 Å². The van der Waals surface area contributed by atoms with Crippen LogP contribution in [0.1, 0.15) is 90.8 Å². The van der Waals surface area contributed by atoms with Crippen LogP contribution in [0.5, 0.6) is 5.75 Å². The van der Waals surface area contributed by atoms with Gasteiger partial charge in [0.2, 0.25) is 5.91 Å². The van der Waals surface area contributed by atoms with Gasteiger partial charge in [-0.1, -0.05) is 76.4 Å². The molecule has 0 radical (unpaired) electrons. The first-order valence-corrected chi connectivity index (χ1v) is 15.7. The van der Waals surface area contributed by atoms with Crippen molar-refractivity contribution in [3.8, 4) is 5.75 Å². The fourth-order valence-electron chi connectivity index (χ4n) is 5.22. The molecule has 3 N–H and O–H groups in total. The second-order valence-corrected chi connectivity index (χ2v) is 12.9. The first kappa shape index (κ1) is 34.4. The van der Waals surface area contributed by atoms with E-state index in [4.69, 9.17) is 4.74 Å². The van der Waals surface area contributed by atoms with Gasteiger partial charge in [-0.25, -0.2) is 4.79 Å². The zero-order valence-corrected chi connectivity index (χ0v) is 27.3. The number of amides is 3. The van der Waals surface area contributed by atoms with Crippen LogP contribution >= 0.6 is 0 Å². The third-order valence-corrected chi connectivity index (χ3v) is 7.35. The topological polar surface area (TPSA) is 108 Å². The van der Waals surface area contributed by atoms with Crippen LogP contribution in [-0.4, -0.2) is 46.1 Å². The number of aryl methyl sites for hydroxylation is 1. The van der Waals surface area contributed by atoms with Crippen LogP contribution in [0.4, 0.5) is 10.5 Å². The fourth-order valence-corrected chi connectivity index (χ4v) is 5.22.